The third-order valence-electron chi connectivity index (χ3n) is 1.97. The molecule has 9 heteroatoms. The summed E-state index contributed by atoms with van der Waals surface area (Å²) in [6.45, 7) is 0.679. The zero-order chi connectivity index (χ0) is 14.6. The number of nitrogens with zero attached hydrogens (tertiary/aromatic N) is 2. The lowest BCUT2D eigenvalue weighted by Crippen LogP contribution is -2.12. The molecule has 0 fully saturated rings. The van der Waals surface area contributed by atoms with Crippen LogP contribution in [-0.2, 0) is 9.53 Å². The van der Waals surface area contributed by atoms with Gasteiger partial charge in [0, 0.05) is 12.1 Å². The van der Waals surface area contributed by atoms with Crippen LogP contribution in [0.5, 0.6) is 0 Å². The van der Waals surface area contributed by atoms with Crippen molar-refractivity contribution < 1.29 is 24.2 Å². The molecule has 0 aliphatic rings. The fourth-order valence-electron chi connectivity index (χ4n) is 1.17. The SMILES string of the molecule is CC(=O)COC(=O)c1cc([N+](=O)[O-])cc([N+](=O)[O-])c1. The predicted molar refractivity (Wildman–Crippen MR) is 60.7 cm³/mol. The first kappa shape index (κ1) is 14.2. The molecule has 0 atom stereocenters. The van der Waals surface area contributed by atoms with E-state index in [-0.39, 0.29) is 5.56 Å². The van der Waals surface area contributed by atoms with Crippen molar-refractivity contribution in [2.45, 2.75) is 6.92 Å². The van der Waals surface area contributed by atoms with Crippen molar-refractivity contribution in [1.82, 2.24) is 0 Å². The molecule has 0 radical (unpaired) electrons. The molecule has 1 aromatic carbocycles. The number of hydrogen-bond acceptors (Lipinski definition) is 7. The third kappa shape index (κ3) is 3.84. The predicted octanol–water partition coefficient (Wildman–Crippen LogP) is 1.25. The topological polar surface area (TPSA) is 130 Å². The van der Waals surface area contributed by atoms with E-state index in [0.717, 1.165) is 18.2 Å². The average Bonchev–Trinajstić information content (AvgIpc) is 2.35. The zero-order valence-electron chi connectivity index (χ0n) is 9.69. The summed E-state index contributed by atoms with van der Waals surface area (Å²) < 4.78 is 4.53. The lowest BCUT2D eigenvalue weighted by Gasteiger charge is -2.02. The quantitative estimate of drug-likeness (QED) is 0.446. The number of Topliss-reactive ketones (excluding diaryl/α,β-unsaturated/α-hetero) is 1. The Morgan fingerprint density at radius 1 is 1.11 bits per heavy atom. The highest BCUT2D eigenvalue weighted by Gasteiger charge is 2.20. The Morgan fingerprint density at radius 3 is 1.95 bits per heavy atom. The van der Waals surface area contributed by atoms with Crippen LogP contribution in [0, 0.1) is 20.2 Å². The number of rotatable bonds is 5. The van der Waals surface area contributed by atoms with Crippen LogP contribution in [0.15, 0.2) is 18.2 Å². The van der Waals surface area contributed by atoms with Gasteiger partial charge in [-0.1, -0.05) is 0 Å². The molecule has 0 amide bonds. The summed E-state index contributed by atoms with van der Waals surface area (Å²) in [5.41, 5.74) is -1.57. The summed E-state index contributed by atoms with van der Waals surface area (Å²) in [5, 5.41) is 21.2. The van der Waals surface area contributed by atoms with Gasteiger partial charge in [0.2, 0.25) is 0 Å². The molecule has 0 bridgehead atoms. The Balaban J connectivity index is 3.12. The summed E-state index contributed by atoms with van der Waals surface area (Å²) >= 11 is 0. The second kappa shape index (κ2) is 5.67. The van der Waals surface area contributed by atoms with Crippen LogP contribution in [0.2, 0.25) is 0 Å². The summed E-state index contributed by atoms with van der Waals surface area (Å²) in [4.78, 5) is 41.6. The number of carbonyl (C=O) groups excluding carboxylic acids is 2. The van der Waals surface area contributed by atoms with Gasteiger partial charge in [-0.3, -0.25) is 25.0 Å². The van der Waals surface area contributed by atoms with E-state index in [2.05, 4.69) is 4.74 Å². The largest absolute Gasteiger partial charge is 0.454 e. The van der Waals surface area contributed by atoms with Crippen LogP contribution in [0.4, 0.5) is 11.4 Å². The van der Waals surface area contributed by atoms with Gasteiger partial charge in [0.05, 0.1) is 21.5 Å². The second-order valence-electron chi connectivity index (χ2n) is 3.53. The minimum Gasteiger partial charge on any atom is -0.454 e. The van der Waals surface area contributed by atoms with Gasteiger partial charge in [-0.25, -0.2) is 4.79 Å². The molecule has 9 nitrogen and oxygen atoms in total. The number of ether oxygens (including phenoxy) is 1. The molecule has 100 valence electrons. The summed E-state index contributed by atoms with van der Waals surface area (Å²) in [6.07, 6.45) is 0. The van der Waals surface area contributed by atoms with E-state index >= 15 is 0 Å². The normalized spacial score (nSPS) is 9.74. The van der Waals surface area contributed by atoms with E-state index in [1.165, 1.54) is 6.92 Å². The van der Waals surface area contributed by atoms with Crippen LogP contribution in [0.3, 0.4) is 0 Å². The maximum Gasteiger partial charge on any atom is 0.339 e. The van der Waals surface area contributed by atoms with E-state index in [4.69, 9.17) is 0 Å². The van der Waals surface area contributed by atoms with Crippen molar-refractivity contribution in [2.75, 3.05) is 6.61 Å². The van der Waals surface area contributed by atoms with Gasteiger partial charge in [0.15, 0.2) is 5.78 Å². The number of nitro groups is 2. The number of nitro benzene ring substituents is 2. The Labute approximate surface area is 106 Å². The zero-order valence-corrected chi connectivity index (χ0v) is 9.69. The minimum absolute atomic E-state index is 0.359. The fourth-order valence-corrected chi connectivity index (χ4v) is 1.17. The van der Waals surface area contributed by atoms with Gasteiger partial charge in [0.25, 0.3) is 11.4 Å². The smallest absolute Gasteiger partial charge is 0.339 e. The van der Waals surface area contributed by atoms with Crippen molar-refractivity contribution in [1.29, 1.82) is 0 Å². The van der Waals surface area contributed by atoms with E-state index < -0.39 is 39.6 Å². The summed E-state index contributed by atoms with van der Waals surface area (Å²) in [5.74, 6) is -1.46. The van der Waals surface area contributed by atoms with Gasteiger partial charge >= 0.3 is 5.97 Å². The van der Waals surface area contributed by atoms with Gasteiger partial charge in [0.1, 0.15) is 6.61 Å². The number of carbonyl (C=O) groups is 2. The lowest BCUT2D eigenvalue weighted by molar-refractivity contribution is -0.394. The molecule has 0 saturated heterocycles. The highest BCUT2D eigenvalue weighted by atomic mass is 16.6. The molecular weight excluding hydrogens is 260 g/mol. The Kier molecular flexibility index (Phi) is 4.24. The highest BCUT2D eigenvalue weighted by molar-refractivity contribution is 5.92. The van der Waals surface area contributed by atoms with E-state index in [1.54, 1.807) is 0 Å². The minimum atomic E-state index is -1.04. The van der Waals surface area contributed by atoms with E-state index in [0.29, 0.717) is 0 Å². The fraction of sp³-hybridized carbons (Fsp3) is 0.200. The summed E-state index contributed by atoms with van der Waals surface area (Å²) in [7, 11) is 0. The van der Waals surface area contributed by atoms with Crippen molar-refractivity contribution in [3.63, 3.8) is 0 Å². The standard InChI is InChI=1S/C10H8N2O7/c1-6(13)5-19-10(14)7-2-8(11(15)16)4-9(3-7)12(17)18/h2-4H,5H2,1H3. The second-order valence-corrected chi connectivity index (χ2v) is 3.53. The molecule has 0 N–H and O–H groups in total. The molecule has 0 unspecified atom stereocenters. The molecule has 1 rings (SSSR count). The molecule has 0 spiro atoms. The van der Waals surface area contributed by atoms with Crippen LogP contribution in [0.1, 0.15) is 17.3 Å². The maximum atomic E-state index is 11.5. The molecule has 0 aromatic heterocycles. The van der Waals surface area contributed by atoms with E-state index in [1.807, 2.05) is 0 Å². The van der Waals surface area contributed by atoms with E-state index in [9.17, 15) is 29.8 Å². The Morgan fingerprint density at radius 2 is 1.58 bits per heavy atom. The van der Waals surface area contributed by atoms with Crippen molar-refractivity contribution in [2.24, 2.45) is 0 Å². The van der Waals surface area contributed by atoms with Crippen LogP contribution >= 0.6 is 0 Å². The molecule has 0 saturated carbocycles. The molecule has 19 heavy (non-hydrogen) atoms. The van der Waals surface area contributed by atoms with Gasteiger partial charge < -0.3 is 4.74 Å². The van der Waals surface area contributed by atoms with Crippen molar-refractivity contribution in [3.05, 3.63) is 44.0 Å². The molecule has 0 aliphatic carbocycles. The van der Waals surface area contributed by atoms with Crippen LogP contribution in [0.25, 0.3) is 0 Å². The molecule has 1 aromatic rings. The number of ketones is 1. The number of non-ortho nitro benzene ring substituents is 2. The van der Waals surface area contributed by atoms with Crippen LogP contribution < -0.4 is 0 Å². The number of esters is 1. The van der Waals surface area contributed by atoms with Gasteiger partial charge in [-0.15, -0.1) is 0 Å². The molecular formula is C10H8N2O7. The first-order valence-electron chi connectivity index (χ1n) is 4.91. The number of benzene rings is 1. The average molecular weight is 268 g/mol. The van der Waals surface area contributed by atoms with Crippen molar-refractivity contribution >= 4 is 23.1 Å². The van der Waals surface area contributed by atoms with Gasteiger partial charge in [-0.05, 0) is 6.92 Å². The molecule has 0 heterocycles. The highest BCUT2D eigenvalue weighted by Crippen LogP contribution is 2.23. The first-order chi connectivity index (χ1) is 8.81. The van der Waals surface area contributed by atoms with Crippen molar-refractivity contribution in [3.8, 4) is 0 Å². The maximum absolute atomic E-state index is 11.5. The monoisotopic (exact) mass is 268 g/mol. The third-order valence-corrected chi connectivity index (χ3v) is 1.97. The lowest BCUT2D eigenvalue weighted by atomic mass is 10.2. The molecule has 0 aliphatic heterocycles. The Bertz CT molecular complexity index is 535. The van der Waals surface area contributed by atoms with Crippen LogP contribution in [-0.4, -0.2) is 28.2 Å². The van der Waals surface area contributed by atoms with Gasteiger partial charge in [-0.2, -0.15) is 0 Å². The Hall–Kier alpha value is -2.84. The number of hydrogen-bond donors (Lipinski definition) is 0. The summed E-state index contributed by atoms with van der Waals surface area (Å²) in [6, 6.07) is 2.41. The first-order valence-corrected chi connectivity index (χ1v) is 4.91.